The van der Waals surface area contributed by atoms with Crippen molar-refractivity contribution in [3.05, 3.63) is 23.8 Å². The number of carbonyl (C=O) groups is 1. The molecular weight excluding hydrogens is 270 g/mol. The highest BCUT2D eigenvalue weighted by Crippen LogP contribution is 2.36. The number of hydrogen-bond donors (Lipinski definition) is 1. The molecule has 2 aliphatic rings. The van der Waals surface area contributed by atoms with Crippen molar-refractivity contribution in [2.75, 3.05) is 19.8 Å². The summed E-state index contributed by atoms with van der Waals surface area (Å²) in [5, 5.41) is 9.62. The van der Waals surface area contributed by atoms with E-state index in [1.807, 2.05) is 25.1 Å². The third-order valence-corrected chi connectivity index (χ3v) is 4.59. The number of fused-ring (bicyclic) bond motifs is 1. The number of likely N-dealkylation sites (tertiary alicyclic amines) is 1. The molecule has 1 aromatic carbocycles. The molecule has 1 fully saturated rings. The number of ether oxygens (including phenoxy) is 2. The highest BCUT2D eigenvalue weighted by atomic mass is 16.6. The van der Waals surface area contributed by atoms with Crippen molar-refractivity contribution >= 4 is 5.97 Å². The summed E-state index contributed by atoms with van der Waals surface area (Å²) in [6, 6.07) is 5.87. The maximum Gasteiger partial charge on any atom is 0.324 e. The molecule has 0 aromatic heterocycles. The highest BCUT2D eigenvalue weighted by molar-refractivity contribution is 5.79. The Morgan fingerprint density at radius 3 is 2.81 bits per heavy atom. The number of benzene rings is 1. The topological polar surface area (TPSA) is 59.0 Å². The molecule has 2 heterocycles. The minimum atomic E-state index is -0.715. The molecule has 1 aromatic rings. The van der Waals surface area contributed by atoms with Crippen LogP contribution in [0.5, 0.6) is 11.5 Å². The Balaban J connectivity index is 1.81. The zero-order valence-corrected chi connectivity index (χ0v) is 12.3. The zero-order chi connectivity index (χ0) is 14.9. The van der Waals surface area contributed by atoms with Gasteiger partial charge in [0, 0.05) is 6.54 Å². The fraction of sp³-hybridized carbons (Fsp3) is 0.562. The van der Waals surface area contributed by atoms with Crippen LogP contribution in [-0.4, -0.2) is 41.3 Å². The summed E-state index contributed by atoms with van der Waals surface area (Å²) >= 11 is 0. The SMILES string of the molecule is CCC1(C(=O)O)CCCN1Cc1ccc2c(c1)OCCO2. The maximum atomic E-state index is 11.7. The van der Waals surface area contributed by atoms with Gasteiger partial charge in [0.2, 0.25) is 0 Å². The summed E-state index contributed by atoms with van der Waals surface area (Å²) in [4.78, 5) is 13.8. The van der Waals surface area contributed by atoms with Crippen molar-refractivity contribution < 1.29 is 19.4 Å². The van der Waals surface area contributed by atoms with Gasteiger partial charge >= 0.3 is 5.97 Å². The zero-order valence-electron chi connectivity index (χ0n) is 12.3. The molecule has 114 valence electrons. The van der Waals surface area contributed by atoms with E-state index in [0.29, 0.717) is 26.2 Å². The number of carboxylic acids is 1. The Morgan fingerprint density at radius 2 is 2.10 bits per heavy atom. The van der Waals surface area contributed by atoms with E-state index in [0.717, 1.165) is 36.4 Å². The summed E-state index contributed by atoms with van der Waals surface area (Å²) in [6.07, 6.45) is 2.29. The molecule has 3 rings (SSSR count). The lowest BCUT2D eigenvalue weighted by atomic mass is 9.92. The van der Waals surface area contributed by atoms with E-state index in [9.17, 15) is 9.90 Å². The van der Waals surface area contributed by atoms with E-state index in [1.54, 1.807) is 0 Å². The van der Waals surface area contributed by atoms with E-state index >= 15 is 0 Å². The summed E-state index contributed by atoms with van der Waals surface area (Å²) in [6.45, 7) is 4.56. The molecule has 0 amide bonds. The van der Waals surface area contributed by atoms with Gasteiger partial charge in [0.1, 0.15) is 18.8 Å². The lowest BCUT2D eigenvalue weighted by Crippen LogP contribution is -2.49. The Labute approximate surface area is 124 Å². The van der Waals surface area contributed by atoms with Crippen molar-refractivity contribution in [3.8, 4) is 11.5 Å². The Hall–Kier alpha value is -1.75. The number of rotatable bonds is 4. The van der Waals surface area contributed by atoms with E-state index < -0.39 is 11.5 Å². The number of aliphatic carboxylic acids is 1. The van der Waals surface area contributed by atoms with Gasteiger partial charge in [-0.1, -0.05) is 13.0 Å². The fourth-order valence-corrected chi connectivity index (χ4v) is 3.37. The smallest absolute Gasteiger partial charge is 0.324 e. The minimum absolute atomic E-state index is 0.564. The number of carboxylic acid groups (broad SMARTS) is 1. The van der Waals surface area contributed by atoms with Gasteiger partial charge in [-0.15, -0.1) is 0 Å². The van der Waals surface area contributed by atoms with Crippen molar-refractivity contribution in [1.82, 2.24) is 4.90 Å². The minimum Gasteiger partial charge on any atom is -0.486 e. The fourth-order valence-electron chi connectivity index (χ4n) is 3.37. The molecule has 0 spiro atoms. The molecule has 1 N–H and O–H groups in total. The molecule has 1 unspecified atom stereocenters. The van der Waals surface area contributed by atoms with Gasteiger partial charge in [-0.25, -0.2) is 0 Å². The summed E-state index contributed by atoms with van der Waals surface area (Å²) < 4.78 is 11.1. The quantitative estimate of drug-likeness (QED) is 0.922. The van der Waals surface area contributed by atoms with Crippen LogP contribution in [0, 0.1) is 0 Å². The van der Waals surface area contributed by atoms with Gasteiger partial charge in [0.25, 0.3) is 0 Å². The van der Waals surface area contributed by atoms with Crippen LogP contribution in [0.2, 0.25) is 0 Å². The molecule has 0 radical (unpaired) electrons. The largest absolute Gasteiger partial charge is 0.486 e. The molecule has 5 nitrogen and oxygen atoms in total. The van der Waals surface area contributed by atoms with Crippen LogP contribution in [0.3, 0.4) is 0 Å². The van der Waals surface area contributed by atoms with Crippen molar-refractivity contribution in [2.24, 2.45) is 0 Å². The number of nitrogens with zero attached hydrogens (tertiary/aromatic N) is 1. The summed E-state index contributed by atoms with van der Waals surface area (Å²) in [5.41, 5.74) is 0.355. The molecular formula is C16H21NO4. The average Bonchev–Trinajstić information content (AvgIpc) is 2.91. The predicted octanol–water partition coefficient (Wildman–Crippen LogP) is 2.29. The van der Waals surface area contributed by atoms with E-state index in [1.165, 1.54) is 0 Å². The first-order valence-electron chi connectivity index (χ1n) is 7.53. The normalized spacial score (nSPS) is 25.0. The molecule has 1 atom stereocenters. The predicted molar refractivity (Wildman–Crippen MR) is 77.7 cm³/mol. The van der Waals surface area contributed by atoms with Crippen LogP contribution in [0.15, 0.2) is 18.2 Å². The second-order valence-corrected chi connectivity index (χ2v) is 5.69. The van der Waals surface area contributed by atoms with Crippen LogP contribution < -0.4 is 9.47 Å². The van der Waals surface area contributed by atoms with Gasteiger partial charge in [0.05, 0.1) is 0 Å². The molecule has 0 aliphatic carbocycles. The first-order valence-corrected chi connectivity index (χ1v) is 7.53. The molecule has 0 saturated carbocycles. The Bertz CT molecular complexity index is 545. The third-order valence-electron chi connectivity index (χ3n) is 4.59. The average molecular weight is 291 g/mol. The van der Waals surface area contributed by atoms with E-state index in [2.05, 4.69) is 4.90 Å². The molecule has 21 heavy (non-hydrogen) atoms. The lowest BCUT2D eigenvalue weighted by molar-refractivity contribution is -0.150. The summed E-state index contributed by atoms with van der Waals surface area (Å²) in [7, 11) is 0. The Kier molecular flexibility index (Phi) is 3.76. The van der Waals surface area contributed by atoms with E-state index in [4.69, 9.17) is 9.47 Å². The van der Waals surface area contributed by atoms with Gasteiger partial charge in [-0.3, -0.25) is 9.69 Å². The molecule has 2 aliphatic heterocycles. The monoisotopic (exact) mass is 291 g/mol. The standard InChI is InChI=1S/C16H21NO4/c1-2-16(15(18)19)6-3-7-17(16)11-12-4-5-13-14(10-12)21-9-8-20-13/h4-5,10H,2-3,6-9,11H2,1H3,(H,18,19). The van der Waals surface area contributed by atoms with Crippen molar-refractivity contribution in [3.63, 3.8) is 0 Å². The van der Waals surface area contributed by atoms with Gasteiger partial charge in [-0.2, -0.15) is 0 Å². The van der Waals surface area contributed by atoms with Gasteiger partial charge in [-0.05, 0) is 43.5 Å². The summed E-state index contributed by atoms with van der Waals surface area (Å²) in [5.74, 6) is 0.821. The van der Waals surface area contributed by atoms with Crippen LogP contribution >= 0.6 is 0 Å². The van der Waals surface area contributed by atoms with Gasteiger partial charge < -0.3 is 14.6 Å². The Morgan fingerprint density at radius 1 is 1.33 bits per heavy atom. The first-order chi connectivity index (χ1) is 10.2. The van der Waals surface area contributed by atoms with Crippen LogP contribution in [0.4, 0.5) is 0 Å². The van der Waals surface area contributed by atoms with Crippen LogP contribution in [-0.2, 0) is 11.3 Å². The highest BCUT2D eigenvalue weighted by Gasteiger charge is 2.45. The third kappa shape index (κ3) is 2.46. The second kappa shape index (κ2) is 5.56. The van der Waals surface area contributed by atoms with Crippen LogP contribution in [0.1, 0.15) is 31.7 Å². The lowest BCUT2D eigenvalue weighted by Gasteiger charge is -2.34. The molecule has 5 heteroatoms. The molecule has 1 saturated heterocycles. The van der Waals surface area contributed by atoms with Crippen molar-refractivity contribution in [1.29, 1.82) is 0 Å². The van der Waals surface area contributed by atoms with Gasteiger partial charge in [0.15, 0.2) is 11.5 Å². The second-order valence-electron chi connectivity index (χ2n) is 5.69. The first kappa shape index (κ1) is 14.2. The van der Waals surface area contributed by atoms with E-state index in [-0.39, 0.29) is 0 Å². The maximum absolute atomic E-state index is 11.7. The molecule has 0 bridgehead atoms. The van der Waals surface area contributed by atoms with Crippen LogP contribution in [0.25, 0.3) is 0 Å². The van der Waals surface area contributed by atoms with Crippen molar-refractivity contribution in [2.45, 2.75) is 38.3 Å². The number of hydrogen-bond acceptors (Lipinski definition) is 4.